The molecule has 19 heavy (non-hydrogen) atoms. The second kappa shape index (κ2) is 6.94. The van der Waals surface area contributed by atoms with Crippen molar-refractivity contribution in [2.45, 2.75) is 69.9 Å². The Labute approximate surface area is 122 Å². The van der Waals surface area contributed by atoms with E-state index in [0.717, 1.165) is 24.8 Å². The SMILES string of the molecule is Cl.O=C(NC1CC1C1CCCCC1)C1CCCCN1. The lowest BCUT2D eigenvalue weighted by atomic mass is 9.85. The number of hydrogen-bond acceptors (Lipinski definition) is 2. The number of piperidine rings is 1. The molecule has 1 aliphatic heterocycles. The number of carbonyl (C=O) groups excluding carboxylic acids is 1. The van der Waals surface area contributed by atoms with Gasteiger partial charge >= 0.3 is 0 Å². The van der Waals surface area contributed by atoms with Crippen LogP contribution in [0, 0.1) is 11.8 Å². The molecule has 2 aliphatic carbocycles. The van der Waals surface area contributed by atoms with Gasteiger partial charge in [0.2, 0.25) is 5.91 Å². The summed E-state index contributed by atoms with van der Waals surface area (Å²) in [5.41, 5.74) is 0. The van der Waals surface area contributed by atoms with E-state index in [1.165, 1.54) is 51.4 Å². The third kappa shape index (κ3) is 3.85. The van der Waals surface area contributed by atoms with Crippen molar-refractivity contribution in [3.63, 3.8) is 0 Å². The molecule has 2 N–H and O–H groups in total. The van der Waals surface area contributed by atoms with Crippen molar-refractivity contribution in [3.05, 3.63) is 0 Å². The average molecular weight is 287 g/mol. The molecule has 4 heteroatoms. The molecule has 3 rings (SSSR count). The highest BCUT2D eigenvalue weighted by Gasteiger charge is 2.44. The van der Waals surface area contributed by atoms with Gasteiger partial charge in [0.25, 0.3) is 0 Å². The third-order valence-electron chi connectivity index (χ3n) is 5.05. The molecule has 1 saturated heterocycles. The summed E-state index contributed by atoms with van der Waals surface area (Å²) in [7, 11) is 0. The van der Waals surface area contributed by atoms with E-state index in [2.05, 4.69) is 10.6 Å². The maximum Gasteiger partial charge on any atom is 0.237 e. The van der Waals surface area contributed by atoms with Gasteiger partial charge in [-0.25, -0.2) is 0 Å². The van der Waals surface area contributed by atoms with Crippen LogP contribution in [0.25, 0.3) is 0 Å². The highest BCUT2D eigenvalue weighted by Crippen LogP contribution is 2.44. The summed E-state index contributed by atoms with van der Waals surface area (Å²) in [5.74, 6) is 1.97. The van der Waals surface area contributed by atoms with Crippen LogP contribution in [0.4, 0.5) is 0 Å². The van der Waals surface area contributed by atoms with Crippen LogP contribution in [-0.2, 0) is 4.79 Å². The van der Waals surface area contributed by atoms with Crippen molar-refractivity contribution in [3.8, 4) is 0 Å². The van der Waals surface area contributed by atoms with Crippen molar-refractivity contribution in [2.75, 3.05) is 6.54 Å². The van der Waals surface area contributed by atoms with E-state index < -0.39 is 0 Å². The van der Waals surface area contributed by atoms with Gasteiger partial charge in [-0.1, -0.05) is 38.5 Å². The highest BCUT2D eigenvalue weighted by atomic mass is 35.5. The van der Waals surface area contributed by atoms with Gasteiger partial charge in [0, 0.05) is 6.04 Å². The van der Waals surface area contributed by atoms with Gasteiger partial charge in [0.1, 0.15) is 0 Å². The normalized spacial score (nSPS) is 35.3. The molecule has 3 nitrogen and oxygen atoms in total. The molecule has 0 aromatic carbocycles. The average Bonchev–Trinajstić information content (AvgIpc) is 3.20. The van der Waals surface area contributed by atoms with Gasteiger partial charge < -0.3 is 10.6 Å². The molecule has 1 heterocycles. The topological polar surface area (TPSA) is 41.1 Å². The summed E-state index contributed by atoms with van der Waals surface area (Å²) in [4.78, 5) is 12.1. The van der Waals surface area contributed by atoms with Crippen molar-refractivity contribution in [1.82, 2.24) is 10.6 Å². The molecule has 0 bridgehead atoms. The lowest BCUT2D eigenvalue weighted by molar-refractivity contribution is -0.123. The molecule has 3 atom stereocenters. The second-order valence-corrected chi connectivity index (χ2v) is 6.42. The zero-order valence-corrected chi connectivity index (χ0v) is 12.5. The maximum absolute atomic E-state index is 12.1. The molecule has 1 amide bonds. The number of halogens is 1. The van der Waals surface area contributed by atoms with Crippen LogP contribution in [-0.4, -0.2) is 24.5 Å². The largest absolute Gasteiger partial charge is 0.352 e. The summed E-state index contributed by atoms with van der Waals surface area (Å²) in [6, 6.07) is 0.593. The van der Waals surface area contributed by atoms with Crippen LogP contribution >= 0.6 is 12.4 Å². The first-order valence-electron chi connectivity index (χ1n) is 7.88. The third-order valence-corrected chi connectivity index (χ3v) is 5.05. The van der Waals surface area contributed by atoms with E-state index in [1.807, 2.05) is 0 Å². The van der Waals surface area contributed by atoms with Crippen LogP contribution in [0.15, 0.2) is 0 Å². The Morgan fingerprint density at radius 3 is 2.42 bits per heavy atom. The molecule has 3 unspecified atom stereocenters. The van der Waals surface area contributed by atoms with Gasteiger partial charge in [-0.05, 0) is 37.6 Å². The summed E-state index contributed by atoms with van der Waals surface area (Å²) < 4.78 is 0. The lowest BCUT2D eigenvalue weighted by Crippen LogP contribution is -2.47. The Morgan fingerprint density at radius 1 is 1.00 bits per heavy atom. The van der Waals surface area contributed by atoms with E-state index in [0.29, 0.717) is 6.04 Å². The predicted octanol–water partition coefficient (Wildman–Crippen LogP) is 2.64. The molecule has 110 valence electrons. The molecular formula is C15H27ClN2O. The molecule has 0 aromatic rings. The van der Waals surface area contributed by atoms with Gasteiger partial charge in [0.15, 0.2) is 0 Å². The fraction of sp³-hybridized carbons (Fsp3) is 0.933. The first-order valence-corrected chi connectivity index (χ1v) is 7.88. The number of carbonyl (C=O) groups is 1. The van der Waals surface area contributed by atoms with E-state index >= 15 is 0 Å². The van der Waals surface area contributed by atoms with Gasteiger partial charge in [-0.15, -0.1) is 12.4 Å². The van der Waals surface area contributed by atoms with Crippen LogP contribution < -0.4 is 10.6 Å². The van der Waals surface area contributed by atoms with E-state index in [1.54, 1.807) is 0 Å². The summed E-state index contributed by atoms with van der Waals surface area (Å²) in [6.07, 6.45) is 11.7. The monoisotopic (exact) mass is 286 g/mol. The Kier molecular flexibility index (Phi) is 5.52. The zero-order valence-electron chi connectivity index (χ0n) is 11.7. The summed E-state index contributed by atoms with van der Waals surface area (Å²) >= 11 is 0. The maximum atomic E-state index is 12.1. The molecule has 0 radical (unpaired) electrons. The van der Waals surface area contributed by atoms with Crippen LogP contribution in [0.2, 0.25) is 0 Å². The Balaban J connectivity index is 0.00000133. The van der Waals surface area contributed by atoms with E-state index in [4.69, 9.17) is 0 Å². The molecule has 3 aliphatic rings. The van der Waals surface area contributed by atoms with Crippen molar-refractivity contribution < 1.29 is 4.79 Å². The molecule has 3 fully saturated rings. The van der Waals surface area contributed by atoms with E-state index in [-0.39, 0.29) is 24.4 Å². The summed E-state index contributed by atoms with van der Waals surface area (Å²) in [5, 5.41) is 6.60. The fourth-order valence-corrected chi connectivity index (χ4v) is 3.82. The molecule has 2 saturated carbocycles. The first-order chi connectivity index (χ1) is 8.84. The van der Waals surface area contributed by atoms with E-state index in [9.17, 15) is 4.79 Å². The molecular weight excluding hydrogens is 260 g/mol. The van der Waals surface area contributed by atoms with Gasteiger partial charge in [0.05, 0.1) is 6.04 Å². The number of hydrogen-bond donors (Lipinski definition) is 2. The number of amides is 1. The number of nitrogens with one attached hydrogen (secondary N) is 2. The van der Waals surface area contributed by atoms with Crippen LogP contribution in [0.1, 0.15) is 57.8 Å². The van der Waals surface area contributed by atoms with Crippen LogP contribution in [0.5, 0.6) is 0 Å². The van der Waals surface area contributed by atoms with Crippen LogP contribution in [0.3, 0.4) is 0 Å². The standard InChI is InChI=1S/C15H26N2O.ClH/c18-15(13-8-4-5-9-16-13)17-14-10-12(14)11-6-2-1-3-7-11;/h11-14,16H,1-10H2,(H,17,18);1H. The fourth-order valence-electron chi connectivity index (χ4n) is 3.82. The van der Waals surface area contributed by atoms with Crippen molar-refractivity contribution >= 4 is 18.3 Å². The second-order valence-electron chi connectivity index (χ2n) is 6.42. The van der Waals surface area contributed by atoms with Gasteiger partial charge in [-0.2, -0.15) is 0 Å². The zero-order chi connectivity index (χ0) is 12.4. The smallest absolute Gasteiger partial charge is 0.237 e. The highest BCUT2D eigenvalue weighted by molar-refractivity contribution is 5.85. The summed E-state index contributed by atoms with van der Waals surface area (Å²) in [6.45, 7) is 1.01. The van der Waals surface area contributed by atoms with Crippen molar-refractivity contribution in [1.29, 1.82) is 0 Å². The predicted molar refractivity (Wildman–Crippen MR) is 79.5 cm³/mol. The minimum Gasteiger partial charge on any atom is -0.352 e. The quantitative estimate of drug-likeness (QED) is 0.837. The minimum atomic E-state index is 0. The van der Waals surface area contributed by atoms with Gasteiger partial charge in [-0.3, -0.25) is 4.79 Å². The number of rotatable bonds is 3. The minimum absolute atomic E-state index is 0. The molecule has 0 aromatic heterocycles. The van der Waals surface area contributed by atoms with Crippen molar-refractivity contribution in [2.24, 2.45) is 11.8 Å². The lowest BCUT2D eigenvalue weighted by Gasteiger charge is -2.24. The Morgan fingerprint density at radius 2 is 1.74 bits per heavy atom. The Bertz CT molecular complexity index is 299. The molecule has 0 spiro atoms. The first kappa shape index (κ1) is 15.1. The Hall–Kier alpha value is -0.280.